The number of aromatic nitrogens is 4. The summed E-state index contributed by atoms with van der Waals surface area (Å²) in [6.45, 7) is 2.48. The van der Waals surface area contributed by atoms with Crippen molar-refractivity contribution in [2.75, 3.05) is 17.2 Å². The van der Waals surface area contributed by atoms with Crippen LogP contribution in [0.15, 0.2) is 57.8 Å². The first-order valence-electron chi connectivity index (χ1n) is 9.45. The van der Waals surface area contributed by atoms with E-state index in [1.165, 1.54) is 39.8 Å². The molecule has 12 heteroatoms. The number of thioether (sulfide) groups is 1. The number of benzene rings is 1. The molecule has 0 unspecified atom stereocenters. The second-order valence-corrected chi connectivity index (χ2v) is 9.00. The molecule has 2 N–H and O–H groups in total. The zero-order valence-corrected chi connectivity index (χ0v) is 19.1. The number of ether oxygens (including phenoxy) is 1. The van der Waals surface area contributed by atoms with Crippen molar-refractivity contribution in [3.63, 3.8) is 0 Å². The van der Waals surface area contributed by atoms with Gasteiger partial charge in [-0.1, -0.05) is 34.7 Å². The first-order valence-corrected chi connectivity index (χ1v) is 11.6. The van der Waals surface area contributed by atoms with Crippen LogP contribution in [-0.4, -0.2) is 32.2 Å². The zero-order valence-electron chi connectivity index (χ0n) is 16.7. The Morgan fingerprint density at radius 2 is 2.00 bits per heavy atom. The lowest BCUT2D eigenvalue weighted by Crippen LogP contribution is -2.19. The van der Waals surface area contributed by atoms with Crippen LogP contribution >= 0.6 is 34.7 Å². The minimum Gasteiger partial charge on any atom is -0.494 e. The fraction of sp³-hybridized carbons (Fsp3) is 0.150. The fourth-order valence-electron chi connectivity index (χ4n) is 2.71. The van der Waals surface area contributed by atoms with Crippen LogP contribution in [0.3, 0.4) is 0 Å². The standard InChI is InChI=1S/C20H17ClN6O3S2/c1-2-30-15-6-4-13(5-7-15)23-18(29)24-19-25-26-20(32-19)31-11-14-9-17(28)27-10-12(21)3-8-16(27)22-14/h3-10H,2,11H2,1H3,(H2,23,24,25,29). The number of hydrogen-bond acceptors (Lipinski definition) is 8. The van der Waals surface area contributed by atoms with E-state index in [4.69, 9.17) is 16.3 Å². The van der Waals surface area contributed by atoms with Gasteiger partial charge in [0.15, 0.2) is 4.34 Å². The van der Waals surface area contributed by atoms with Gasteiger partial charge in [0, 0.05) is 23.7 Å². The molecular weight excluding hydrogens is 472 g/mol. The lowest BCUT2D eigenvalue weighted by molar-refractivity contribution is 0.262. The number of rotatable bonds is 7. The van der Waals surface area contributed by atoms with Crippen LogP contribution < -0.4 is 20.9 Å². The Bertz CT molecular complexity index is 1310. The molecule has 4 rings (SSSR count). The minimum atomic E-state index is -0.426. The van der Waals surface area contributed by atoms with E-state index < -0.39 is 6.03 Å². The van der Waals surface area contributed by atoms with Crippen LogP contribution in [0.4, 0.5) is 15.6 Å². The van der Waals surface area contributed by atoms with Gasteiger partial charge in [0.1, 0.15) is 11.4 Å². The maximum absolute atomic E-state index is 12.3. The summed E-state index contributed by atoms with van der Waals surface area (Å²) in [5.41, 5.74) is 1.54. The number of nitrogens with one attached hydrogen (secondary N) is 2. The topological polar surface area (TPSA) is 111 Å². The summed E-state index contributed by atoms with van der Waals surface area (Å²) in [4.78, 5) is 28.9. The molecular formula is C20H17ClN6O3S2. The quantitative estimate of drug-likeness (QED) is 0.290. The van der Waals surface area contributed by atoms with E-state index in [1.807, 2.05) is 6.92 Å². The first kappa shape index (κ1) is 22.1. The number of amides is 2. The van der Waals surface area contributed by atoms with E-state index >= 15 is 0 Å². The zero-order chi connectivity index (χ0) is 22.5. The molecule has 0 aliphatic heterocycles. The van der Waals surface area contributed by atoms with Crippen LogP contribution in [-0.2, 0) is 5.75 Å². The lowest BCUT2D eigenvalue weighted by Gasteiger charge is -2.06. The lowest BCUT2D eigenvalue weighted by atomic mass is 10.3. The van der Waals surface area contributed by atoms with Crippen molar-refractivity contribution >= 4 is 57.2 Å². The van der Waals surface area contributed by atoms with Crippen LogP contribution in [0, 0.1) is 0 Å². The number of pyridine rings is 1. The summed E-state index contributed by atoms with van der Waals surface area (Å²) in [7, 11) is 0. The molecule has 32 heavy (non-hydrogen) atoms. The molecule has 0 atom stereocenters. The third-order valence-corrected chi connectivity index (χ3v) is 6.30. The number of anilines is 2. The van der Waals surface area contributed by atoms with Crippen molar-refractivity contribution in [1.82, 2.24) is 19.6 Å². The van der Waals surface area contributed by atoms with Gasteiger partial charge < -0.3 is 10.1 Å². The molecule has 0 aliphatic rings. The van der Waals surface area contributed by atoms with Crippen molar-refractivity contribution in [1.29, 1.82) is 0 Å². The average Bonchev–Trinajstić information content (AvgIpc) is 3.21. The van der Waals surface area contributed by atoms with E-state index in [0.717, 1.165) is 5.75 Å². The van der Waals surface area contributed by atoms with Crippen molar-refractivity contribution < 1.29 is 9.53 Å². The van der Waals surface area contributed by atoms with Gasteiger partial charge in [0.2, 0.25) is 5.13 Å². The van der Waals surface area contributed by atoms with Gasteiger partial charge >= 0.3 is 6.03 Å². The fourth-order valence-corrected chi connectivity index (χ4v) is 4.52. The SMILES string of the molecule is CCOc1ccc(NC(=O)Nc2nnc(SCc3cc(=O)n4cc(Cl)ccc4n3)s2)cc1. The number of fused-ring (bicyclic) bond motifs is 1. The maximum Gasteiger partial charge on any atom is 0.325 e. The molecule has 1 aromatic carbocycles. The van der Waals surface area contributed by atoms with Crippen molar-refractivity contribution in [3.8, 4) is 5.75 Å². The molecule has 3 heterocycles. The molecule has 0 radical (unpaired) electrons. The van der Waals surface area contributed by atoms with Crippen LogP contribution in [0.1, 0.15) is 12.6 Å². The van der Waals surface area contributed by atoms with E-state index in [0.29, 0.717) is 43.9 Å². The van der Waals surface area contributed by atoms with Gasteiger partial charge in [-0.25, -0.2) is 9.78 Å². The number of carbonyl (C=O) groups excluding carboxylic acids is 1. The Morgan fingerprint density at radius 3 is 2.78 bits per heavy atom. The molecule has 0 fully saturated rings. The maximum atomic E-state index is 12.3. The highest BCUT2D eigenvalue weighted by Crippen LogP contribution is 2.28. The van der Waals surface area contributed by atoms with Crippen LogP contribution in [0.5, 0.6) is 5.75 Å². The van der Waals surface area contributed by atoms with E-state index in [2.05, 4.69) is 25.8 Å². The second kappa shape index (κ2) is 9.98. The van der Waals surface area contributed by atoms with E-state index in [1.54, 1.807) is 36.4 Å². The van der Waals surface area contributed by atoms with Gasteiger partial charge in [0.05, 0.1) is 17.3 Å². The summed E-state index contributed by atoms with van der Waals surface area (Å²) in [5, 5.41) is 14.2. The van der Waals surface area contributed by atoms with Crippen LogP contribution in [0.25, 0.3) is 5.65 Å². The predicted octanol–water partition coefficient (Wildman–Crippen LogP) is 4.53. The van der Waals surface area contributed by atoms with Gasteiger partial charge in [-0.3, -0.25) is 14.5 Å². The van der Waals surface area contributed by atoms with Crippen molar-refractivity contribution in [2.45, 2.75) is 17.0 Å². The summed E-state index contributed by atoms with van der Waals surface area (Å²) in [5.74, 6) is 1.16. The highest BCUT2D eigenvalue weighted by atomic mass is 35.5. The predicted molar refractivity (Wildman–Crippen MR) is 126 cm³/mol. The summed E-state index contributed by atoms with van der Waals surface area (Å²) in [6.07, 6.45) is 1.53. The van der Waals surface area contributed by atoms with Crippen molar-refractivity contribution in [3.05, 3.63) is 69.7 Å². The number of carbonyl (C=O) groups is 1. The average molecular weight is 489 g/mol. The minimum absolute atomic E-state index is 0.210. The molecule has 0 bridgehead atoms. The molecule has 9 nitrogen and oxygen atoms in total. The Hall–Kier alpha value is -3.15. The van der Waals surface area contributed by atoms with Gasteiger partial charge in [0.25, 0.3) is 5.56 Å². The third kappa shape index (κ3) is 5.55. The summed E-state index contributed by atoms with van der Waals surface area (Å²) < 4.78 is 7.41. The Kier molecular flexibility index (Phi) is 6.88. The molecule has 0 saturated heterocycles. The highest BCUT2D eigenvalue weighted by molar-refractivity contribution is 8.00. The number of nitrogens with zero attached hydrogens (tertiary/aromatic N) is 4. The monoisotopic (exact) mass is 488 g/mol. The molecule has 0 spiro atoms. The summed E-state index contributed by atoms with van der Waals surface area (Å²) >= 11 is 8.53. The smallest absolute Gasteiger partial charge is 0.325 e. The third-order valence-electron chi connectivity index (χ3n) is 4.07. The molecule has 4 aromatic rings. The van der Waals surface area contributed by atoms with E-state index in [9.17, 15) is 9.59 Å². The molecule has 3 aromatic heterocycles. The largest absolute Gasteiger partial charge is 0.494 e. The number of hydrogen-bond donors (Lipinski definition) is 2. The van der Waals surface area contributed by atoms with Gasteiger partial charge in [-0.05, 0) is 43.3 Å². The second-order valence-electron chi connectivity index (χ2n) is 6.36. The molecule has 2 amide bonds. The van der Waals surface area contributed by atoms with Gasteiger partial charge in [-0.2, -0.15) is 0 Å². The van der Waals surface area contributed by atoms with E-state index in [-0.39, 0.29) is 5.56 Å². The molecule has 164 valence electrons. The van der Waals surface area contributed by atoms with Crippen molar-refractivity contribution in [2.24, 2.45) is 0 Å². The normalized spacial score (nSPS) is 10.8. The number of urea groups is 1. The molecule has 0 saturated carbocycles. The summed E-state index contributed by atoms with van der Waals surface area (Å²) in [6, 6.07) is 11.5. The molecule has 0 aliphatic carbocycles. The Labute approximate surface area is 195 Å². The Balaban J connectivity index is 1.33. The Morgan fingerprint density at radius 1 is 1.19 bits per heavy atom. The van der Waals surface area contributed by atoms with Crippen LogP contribution in [0.2, 0.25) is 5.02 Å². The first-order chi connectivity index (χ1) is 15.5. The number of halogens is 1. The van der Waals surface area contributed by atoms with Gasteiger partial charge in [-0.15, -0.1) is 10.2 Å². The highest BCUT2D eigenvalue weighted by Gasteiger charge is 2.10.